The molecule has 3 heterocycles. The number of methoxy groups -OCH3 is 1. The topological polar surface area (TPSA) is 66.0 Å². The van der Waals surface area contributed by atoms with Gasteiger partial charge in [0, 0.05) is 48.8 Å². The van der Waals surface area contributed by atoms with E-state index >= 15 is 0 Å². The number of imidazole rings is 1. The molecule has 0 saturated carbocycles. The lowest BCUT2D eigenvalue weighted by molar-refractivity contribution is 0.242. The molecule has 27 heavy (non-hydrogen) atoms. The number of nitrogens with zero attached hydrogens (tertiary/aromatic N) is 2. The first kappa shape index (κ1) is 16.2. The lowest BCUT2D eigenvalue weighted by Crippen LogP contribution is -2.34. The molecule has 0 radical (unpaired) electrons. The van der Waals surface area contributed by atoms with Crippen molar-refractivity contribution in [2.24, 2.45) is 0 Å². The molecule has 0 unspecified atom stereocenters. The minimum atomic E-state index is -0.0356. The molecule has 0 amide bonds. The van der Waals surface area contributed by atoms with Crippen LogP contribution in [0.5, 0.6) is 5.75 Å². The van der Waals surface area contributed by atoms with Crippen LogP contribution in [0.2, 0.25) is 0 Å². The van der Waals surface area contributed by atoms with Gasteiger partial charge in [-0.3, -0.25) is 9.47 Å². The van der Waals surface area contributed by atoms with Gasteiger partial charge in [0.1, 0.15) is 5.75 Å². The van der Waals surface area contributed by atoms with Gasteiger partial charge in [-0.2, -0.15) is 0 Å². The third kappa shape index (κ3) is 2.73. The molecule has 2 aromatic heterocycles. The molecule has 1 aliphatic rings. The number of para-hydroxylation sites is 2. The van der Waals surface area contributed by atoms with E-state index < -0.39 is 0 Å². The van der Waals surface area contributed by atoms with Crippen LogP contribution in [-0.4, -0.2) is 39.6 Å². The molecule has 0 spiro atoms. The largest absolute Gasteiger partial charge is 0.497 e. The van der Waals surface area contributed by atoms with Crippen molar-refractivity contribution in [2.75, 3.05) is 20.2 Å². The second-order valence-electron chi connectivity index (χ2n) is 7.12. The Bertz CT molecular complexity index is 1180. The molecular formula is C21H22N4O2. The van der Waals surface area contributed by atoms with Crippen LogP contribution in [0.4, 0.5) is 0 Å². The molecule has 2 N–H and O–H groups in total. The zero-order chi connectivity index (χ0) is 18.4. The Morgan fingerprint density at radius 2 is 1.96 bits per heavy atom. The zero-order valence-corrected chi connectivity index (χ0v) is 15.3. The van der Waals surface area contributed by atoms with E-state index in [1.54, 1.807) is 7.11 Å². The Morgan fingerprint density at radius 1 is 1.07 bits per heavy atom. The maximum atomic E-state index is 12.3. The molecule has 0 bridgehead atoms. The van der Waals surface area contributed by atoms with Gasteiger partial charge >= 0.3 is 5.69 Å². The fourth-order valence-corrected chi connectivity index (χ4v) is 4.17. The molecule has 138 valence electrons. The van der Waals surface area contributed by atoms with Crippen LogP contribution in [0, 0.1) is 0 Å². The highest BCUT2D eigenvalue weighted by atomic mass is 16.5. The predicted octanol–water partition coefficient (Wildman–Crippen LogP) is 2.88. The molecule has 4 aromatic rings. The van der Waals surface area contributed by atoms with E-state index in [0.717, 1.165) is 48.4 Å². The van der Waals surface area contributed by atoms with Gasteiger partial charge in [0.2, 0.25) is 0 Å². The number of benzene rings is 2. The summed E-state index contributed by atoms with van der Waals surface area (Å²) in [6.07, 6.45) is 1.02. The van der Waals surface area contributed by atoms with Crippen molar-refractivity contribution in [3.63, 3.8) is 0 Å². The molecule has 5 rings (SSSR count). The Morgan fingerprint density at radius 3 is 2.85 bits per heavy atom. The summed E-state index contributed by atoms with van der Waals surface area (Å²) in [5, 5.41) is 1.29. The average Bonchev–Trinajstić information content (AvgIpc) is 3.21. The van der Waals surface area contributed by atoms with Crippen molar-refractivity contribution in [3.05, 3.63) is 64.2 Å². The summed E-state index contributed by atoms with van der Waals surface area (Å²) in [7, 11) is 1.69. The second kappa shape index (κ2) is 6.32. The Labute approximate surface area is 156 Å². The van der Waals surface area contributed by atoms with Crippen LogP contribution < -0.4 is 10.4 Å². The molecule has 6 nitrogen and oxygen atoms in total. The lowest BCUT2D eigenvalue weighted by Gasteiger charge is -2.27. The maximum absolute atomic E-state index is 12.3. The number of ether oxygens (including phenoxy) is 1. The molecular weight excluding hydrogens is 340 g/mol. The summed E-state index contributed by atoms with van der Waals surface area (Å²) in [5.41, 5.74) is 5.65. The standard InChI is InChI=1S/C21H22N4O2/c1-27-14-6-7-15-16-8-9-24(13-19(16)22-18(15)12-14)10-11-25-20-5-3-2-4-17(20)23-21(25)26/h2-7,12,22H,8-11,13H2,1H3,(H,23,26). The van der Waals surface area contributed by atoms with Gasteiger partial charge in [-0.15, -0.1) is 0 Å². The van der Waals surface area contributed by atoms with Crippen molar-refractivity contribution in [3.8, 4) is 5.75 Å². The molecule has 2 aromatic carbocycles. The number of aromatic amines is 2. The molecule has 0 aliphatic carbocycles. The normalized spacial score (nSPS) is 14.7. The van der Waals surface area contributed by atoms with Gasteiger partial charge in [0.25, 0.3) is 0 Å². The van der Waals surface area contributed by atoms with Crippen LogP contribution in [0.3, 0.4) is 0 Å². The Kier molecular flexibility index (Phi) is 3.79. The first-order chi connectivity index (χ1) is 13.2. The molecule has 0 fully saturated rings. The number of aromatic nitrogens is 3. The molecule has 0 saturated heterocycles. The number of hydrogen-bond donors (Lipinski definition) is 2. The van der Waals surface area contributed by atoms with Crippen LogP contribution in [0.15, 0.2) is 47.3 Å². The van der Waals surface area contributed by atoms with Crippen LogP contribution in [0.1, 0.15) is 11.3 Å². The highest BCUT2D eigenvalue weighted by Gasteiger charge is 2.21. The summed E-state index contributed by atoms with van der Waals surface area (Å²) < 4.78 is 7.17. The fraction of sp³-hybridized carbons (Fsp3) is 0.286. The Hall–Kier alpha value is -2.99. The lowest BCUT2D eigenvalue weighted by atomic mass is 10.0. The number of H-pyrrole nitrogens is 2. The zero-order valence-electron chi connectivity index (χ0n) is 15.3. The summed E-state index contributed by atoms with van der Waals surface area (Å²) in [5.74, 6) is 0.872. The highest BCUT2D eigenvalue weighted by Crippen LogP contribution is 2.30. The van der Waals surface area contributed by atoms with E-state index in [4.69, 9.17) is 4.74 Å². The predicted molar refractivity (Wildman–Crippen MR) is 106 cm³/mol. The number of fused-ring (bicyclic) bond motifs is 4. The maximum Gasteiger partial charge on any atom is 0.326 e. The van der Waals surface area contributed by atoms with Crippen LogP contribution in [0.25, 0.3) is 21.9 Å². The molecule has 1 aliphatic heterocycles. The van der Waals surface area contributed by atoms with Crippen molar-refractivity contribution in [1.82, 2.24) is 19.4 Å². The first-order valence-corrected chi connectivity index (χ1v) is 9.30. The first-order valence-electron chi connectivity index (χ1n) is 9.30. The Balaban J connectivity index is 1.36. The van der Waals surface area contributed by atoms with Crippen LogP contribution >= 0.6 is 0 Å². The van der Waals surface area contributed by atoms with Gasteiger partial charge in [0.15, 0.2) is 0 Å². The van der Waals surface area contributed by atoms with E-state index in [0.29, 0.717) is 6.54 Å². The van der Waals surface area contributed by atoms with Crippen molar-refractivity contribution in [1.29, 1.82) is 0 Å². The summed E-state index contributed by atoms with van der Waals surface area (Å²) in [4.78, 5) is 21.2. The summed E-state index contributed by atoms with van der Waals surface area (Å²) in [6.45, 7) is 3.42. The summed E-state index contributed by atoms with van der Waals surface area (Å²) in [6, 6.07) is 14.1. The monoisotopic (exact) mass is 362 g/mol. The van der Waals surface area contributed by atoms with Gasteiger partial charge in [-0.25, -0.2) is 4.79 Å². The fourth-order valence-electron chi connectivity index (χ4n) is 4.17. The quantitative estimate of drug-likeness (QED) is 0.587. The van der Waals surface area contributed by atoms with Crippen LogP contribution in [-0.2, 0) is 19.5 Å². The third-order valence-electron chi connectivity index (χ3n) is 5.58. The van der Waals surface area contributed by atoms with Crippen molar-refractivity contribution < 1.29 is 4.74 Å². The summed E-state index contributed by atoms with van der Waals surface area (Å²) >= 11 is 0. The number of rotatable bonds is 4. The smallest absolute Gasteiger partial charge is 0.326 e. The van der Waals surface area contributed by atoms with E-state index in [1.165, 1.54) is 16.6 Å². The SMILES string of the molecule is COc1ccc2c3c([nH]c2c1)CN(CCn1c(=O)[nH]c2ccccc21)CC3. The average molecular weight is 362 g/mol. The molecule has 0 atom stereocenters. The van der Waals surface area contributed by atoms with Gasteiger partial charge in [-0.1, -0.05) is 12.1 Å². The second-order valence-corrected chi connectivity index (χ2v) is 7.12. The van der Waals surface area contributed by atoms with E-state index in [2.05, 4.69) is 27.0 Å². The van der Waals surface area contributed by atoms with Gasteiger partial charge < -0.3 is 14.7 Å². The van der Waals surface area contributed by atoms with Crippen molar-refractivity contribution >= 4 is 21.9 Å². The van der Waals surface area contributed by atoms with E-state index in [-0.39, 0.29) is 5.69 Å². The third-order valence-corrected chi connectivity index (χ3v) is 5.58. The van der Waals surface area contributed by atoms with E-state index in [1.807, 2.05) is 34.9 Å². The molecule has 6 heteroatoms. The highest BCUT2D eigenvalue weighted by molar-refractivity contribution is 5.86. The minimum Gasteiger partial charge on any atom is -0.497 e. The van der Waals surface area contributed by atoms with E-state index in [9.17, 15) is 4.79 Å². The minimum absolute atomic E-state index is 0.0356. The van der Waals surface area contributed by atoms with Crippen molar-refractivity contribution in [2.45, 2.75) is 19.5 Å². The number of hydrogen-bond acceptors (Lipinski definition) is 3. The number of nitrogens with one attached hydrogen (secondary N) is 2. The van der Waals surface area contributed by atoms with Gasteiger partial charge in [-0.05, 0) is 36.2 Å². The van der Waals surface area contributed by atoms with Gasteiger partial charge in [0.05, 0.1) is 18.1 Å².